The van der Waals surface area contributed by atoms with Crippen molar-refractivity contribution in [2.24, 2.45) is 0 Å². The minimum Gasteiger partial charge on any atom is -0.368 e. The van der Waals surface area contributed by atoms with Gasteiger partial charge in [0.05, 0.1) is 0 Å². The molecule has 0 spiro atoms. The molecule has 1 atom stereocenters. The molecular formula is C14H22ClN5. The van der Waals surface area contributed by atoms with E-state index in [1.807, 2.05) is 6.92 Å². The van der Waals surface area contributed by atoms with Gasteiger partial charge in [0.15, 0.2) is 0 Å². The van der Waals surface area contributed by atoms with Crippen molar-refractivity contribution in [3.05, 3.63) is 16.5 Å². The topological polar surface area (TPSA) is 44.3 Å². The number of hydrogen-bond donors (Lipinski definition) is 1. The Bertz CT molecular complexity index is 485. The van der Waals surface area contributed by atoms with Crippen molar-refractivity contribution in [2.45, 2.75) is 26.3 Å². The van der Waals surface area contributed by atoms with Gasteiger partial charge in [-0.15, -0.1) is 0 Å². The van der Waals surface area contributed by atoms with E-state index in [0.717, 1.165) is 36.7 Å². The quantitative estimate of drug-likeness (QED) is 0.851. The van der Waals surface area contributed by atoms with Crippen LogP contribution >= 0.6 is 11.6 Å². The lowest BCUT2D eigenvalue weighted by Gasteiger charge is -2.47. The molecular weight excluding hydrogens is 274 g/mol. The number of nitrogens with one attached hydrogen (secondary N) is 1. The maximum atomic E-state index is 6.21. The first kappa shape index (κ1) is 14.0. The maximum Gasteiger partial charge on any atom is 0.138 e. The van der Waals surface area contributed by atoms with Crippen LogP contribution in [-0.4, -0.2) is 65.1 Å². The van der Waals surface area contributed by atoms with Gasteiger partial charge in [0.2, 0.25) is 0 Å². The Hall–Kier alpha value is -0.910. The molecule has 20 heavy (non-hydrogen) atoms. The molecule has 110 valence electrons. The van der Waals surface area contributed by atoms with Crippen molar-refractivity contribution in [3.63, 3.8) is 0 Å². The van der Waals surface area contributed by atoms with Gasteiger partial charge < -0.3 is 5.32 Å². The number of piperazine rings is 3. The van der Waals surface area contributed by atoms with E-state index >= 15 is 0 Å². The van der Waals surface area contributed by atoms with Crippen LogP contribution in [0, 0.1) is 6.92 Å². The zero-order valence-electron chi connectivity index (χ0n) is 12.2. The Kier molecular flexibility index (Phi) is 4.10. The van der Waals surface area contributed by atoms with Gasteiger partial charge in [-0.1, -0.05) is 18.5 Å². The van der Waals surface area contributed by atoms with E-state index in [0.29, 0.717) is 11.2 Å². The Morgan fingerprint density at radius 1 is 1.25 bits per heavy atom. The third-order valence-corrected chi connectivity index (χ3v) is 4.63. The van der Waals surface area contributed by atoms with E-state index in [-0.39, 0.29) is 0 Å². The van der Waals surface area contributed by atoms with Gasteiger partial charge in [-0.2, -0.15) is 0 Å². The number of aryl methyl sites for hydroxylation is 1. The fraction of sp³-hybridized carbons (Fsp3) is 0.714. The molecule has 1 aromatic heterocycles. The number of halogens is 1. The molecule has 0 aromatic carbocycles. The molecule has 4 rings (SSSR count). The molecule has 1 N–H and O–H groups in total. The number of anilines is 1. The van der Waals surface area contributed by atoms with Crippen LogP contribution < -0.4 is 5.32 Å². The lowest BCUT2D eigenvalue weighted by Crippen LogP contribution is -2.62. The van der Waals surface area contributed by atoms with E-state index in [9.17, 15) is 0 Å². The molecule has 3 fully saturated rings. The van der Waals surface area contributed by atoms with Crippen LogP contribution in [0.1, 0.15) is 18.3 Å². The van der Waals surface area contributed by atoms with Gasteiger partial charge in [0, 0.05) is 50.9 Å². The average Bonchev–Trinajstić information content (AvgIpc) is 2.46. The van der Waals surface area contributed by atoms with Crippen LogP contribution in [0.2, 0.25) is 5.15 Å². The van der Waals surface area contributed by atoms with Crippen molar-refractivity contribution < 1.29 is 0 Å². The smallest absolute Gasteiger partial charge is 0.138 e. The van der Waals surface area contributed by atoms with Gasteiger partial charge in [-0.05, 0) is 13.3 Å². The van der Waals surface area contributed by atoms with Gasteiger partial charge in [0.25, 0.3) is 0 Å². The third kappa shape index (κ3) is 2.75. The number of hydrogen-bond acceptors (Lipinski definition) is 5. The molecule has 1 aromatic rings. The minimum atomic E-state index is 0.580. The standard InChI is InChI=1S/C14H22ClN5/c1-3-12-13(15)17-10(2)18-14(12)16-8-11-9-19-4-6-20(11)7-5-19/h11H,3-9H2,1-2H3,(H,16,17,18). The summed E-state index contributed by atoms with van der Waals surface area (Å²) in [5.74, 6) is 1.63. The molecule has 3 saturated heterocycles. The van der Waals surface area contributed by atoms with Crippen molar-refractivity contribution in [1.29, 1.82) is 0 Å². The SMILES string of the molecule is CCc1c(Cl)nc(C)nc1NCC1CN2CCN1CC2. The van der Waals surface area contributed by atoms with Crippen molar-refractivity contribution in [3.8, 4) is 0 Å². The Morgan fingerprint density at radius 3 is 2.60 bits per heavy atom. The normalized spacial score (nSPS) is 28.6. The summed E-state index contributed by atoms with van der Waals surface area (Å²) in [5.41, 5.74) is 1.02. The van der Waals surface area contributed by atoms with Gasteiger partial charge in [-0.3, -0.25) is 9.80 Å². The number of fused-ring (bicyclic) bond motifs is 3. The van der Waals surface area contributed by atoms with Crippen LogP contribution in [0.15, 0.2) is 0 Å². The monoisotopic (exact) mass is 295 g/mol. The van der Waals surface area contributed by atoms with Crippen LogP contribution in [0.3, 0.4) is 0 Å². The summed E-state index contributed by atoms with van der Waals surface area (Å²) in [6, 6.07) is 0.580. The second kappa shape index (κ2) is 5.84. The average molecular weight is 296 g/mol. The highest BCUT2D eigenvalue weighted by atomic mass is 35.5. The summed E-state index contributed by atoms with van der Waals surface area (Å²) in [7, 11) is 0. The summed E-state index contributed by atoms with van der Waals surface area (Å²) < 4.78 is 0. The molecule has 0 radical (unpaired) electrons. The first-order chi connectivity index (χ1) is 9.67. The van der Waals surface area contributed by atoms with Gasteiger partial charge >= 0.3 is 0 Å². The zero-order valence-corrected chi connectivity index (χ0v) is 12.9. The summed E-state index contributed by atoms with van der Waals surface area (Å²) in [6.45, 7) is 10.9. The molecule has 4 heterocycles. The van der Waals surface area contributed by atoms with Crippen LogP contribution in [0.25, 0.3) is 0 Å². The van der Waals surface area contributed by atoms with E-state index in [1.54, 1.807) is 0 Å². The highest BCUT2D eigenvalue weighted by Crippen LogP contribution is 2.22. The largest absolute Gasteiger partial charge is 0.368 e. The minimum absolute atomic E-state index is 0.580. The molecule has 5 nitrogen and oxygen atoms in total. The van der Waals surface area contributed by atoms with Gasteiger partial charge in [0.1, 0.15) is 16.8 Å². The first-order valence-electron chi connectivity index (χ1n) is 7.40. The number of nitrogens with zero attached hydrogens (tertiary/aromatic N) is 4. The second-order valence-corrected chi connectivity index (χ2v) is 5.97. The second-order valence-electron chi connectivity index (χ2n) is 5.61. The Labute approximate surface area is 125 Å². The Morgan fingerprint density at radius 2 is 2.00 bits per heavy atom. The summed E-state index contributed by atoms with van der Waals surface area (Å²) in [6.07, 6.45) is 0.849. The maximum absolute atomic E-state index is 6.21. The summed E-state index contributed by atoms with van der Waals surface area (Å²) in [5, 5.41) is 4.08. The number of aromatic nitrogens is 2. The highest BCUT2D eigenvalue weighted by molar-refractivity contribution is 6.30. The Balaban J connectivity index is 1.69. The molecule has 0 saturated carbocycles. The first-order valence-corrected chi connectivity index (χ1v) is 7.78. The predicted octanol–water partition coefficient (Wildman–Crippen LogP) is 1.41. The van der Waals surface area contributed by atoms with Crippen molar-refractivity contribution in [2.75, 3.05) is 44.6 Å². The molecule has 6 heteroatoms. The van der Waals surface area contributed by atoms with E-state index in [2.05, 4.69) is 32.0 Å². The molecule has 1 unspecified atom stereocenters. The molecule has 3 aliphatic rings. The molecule has 2 bridgehead atoms. The lowest BCUT2D eigenvalue weighted by molar-refractivity contribution is 0.0189. The fourth-order valence-electron chi connectivity index (χ4n) is 3.15. The van der Waals surface area contributed by atoms with Gasteiger partial charge in [-0.25, -0.2) is 9.97 Å². The predicted molar refractivity (Wildman–Crippen MR) is 81.4 cm³/mol. The summed E-state index contributed by atoms with van der Waals surface area (Å²) in [4.78, 5) is 13.9. The highest BCUT2D eigenvalue weighted by Gasteiger charge is 2.31. The molecule has 0 aliphatic carbocycles. The van der Waals surface area contributed by atoms with E-state index in [4.69, 9.17) is 11.6 Å². The lowest BCUT2D eigenvalue weighted by atomic mass is 10.1. The van der Waals surface area contributed by atoms with Crippen LogP contribution in [-0.2, 0) is 6.42 Å². The van der Waals surface area contributed by atoms with E-state index in [1.165, 1.54) is 26.2 Å². The third-order valence-electron chi connectivity index (χ3n) is 4.32. The van der Waals surface area contributed by atoms with E-state index < -0.39 is 0 Å². The number of rotatable bonds is 4. The zero-order chi connectivity index (χ0) is 14.1. The van der Waals surface area contributed by atoms with Crippen LogP contribution in [0.4, 0.5) is 5.82 Å². The molecule has 0 amide bonds. The summed E-state index contributed by atoms with van der Waals surface area (Å²) >= 11 is 6.21. The van der Waals surface area contributed by atoms with Crippen LogP contribution in [0.5, 0.6) is 0 Å². The fourth-order valence-corrected chi connectivity index (χ4v) is 3.50. The molecule has 3 aliphatic heterocycles. The van der Waals surface area contributed by atoms with Crippen molar-refractivity contribution in [1.82, 2.24) is 19.8 Å². The van der Waals surface area contributed by atoms with Crippen molar-refractivity contribution >= 4 is 17.4 Å².